The molecule has 0 bridgehead atoms. The van der Waals surface area contributed by atoms with Crippen LogP contribution in [0.1, 0.15) is 41.6 Å². The first-order valence-corrected chi connectivity index (χ1v) is 9.46. The zero-order valence-electron chi connectivity index (χ0n) is 13.6. The number of halogens is 3. The Bertz CT molecular complexity index is 891. The lowest BCUT2D eigenvalue weighted by Crippen LogP contribution is -2.27. The van der Waals surface area contributed by atoms with E-state index in [1.807, 2.05) is 6.07 Å². The van der Waals surface area contributed by atoms with Gasteiger partial charge < -0.3 is 0 Å². The van der Waals surface area contributed by atoms with E-state index in [0.29, 0.717) is 0 Å². The van der Waals surface area contributed by atoms with Crippen LogP contribution in [0.25, 0.3) is 0 Å². The number of hydrogen-bond acceptors (Lipinski definition) is 2. The Kier molecular flexibility index (Phi) is 4.64. The molecule has 1 atom stereocenters. The normalized spacial score (nSPS) is 15.8. The summed E-state index contributed by atoms with van der Waals surface area (Å²) in [5.41, 5.74) is 1.65. The van der Waals surface area contributed by atoms with Gasteiger partial charge >= 0.3 is 6.18 Å². The smallest absolute Gasteiger partial charge is 0.207 e. The van der Waals surface area contributed by atoms with Crippen molar-refractivity contribution in [1.82, 2.24) is 4.72 Å². The zero-order valence-corrected chi connectivity index (χ0v) is 14.4. The van der Waals surface area contributed by atoms with Crippen LogP contribution in [0.2, 0.25) is 0 Å². The predicted octanol–water partition coefficient (Wildman–Crippen LogP) is 4.23. The van der Waals surface area contributed by atoms with Crippen molar-refractivity contribution in [3.63, 3.8) is 0 Å². The highest BCUT2D eigenvalue weighted by molar-refractivity contribution is 7.89. The van der Waals surface area contributed by atoms with Gasteiger partial charge in [-0.05, 0) is 67.1 Å². The van der Waals surface area contributed by atoms with Crippen LogP contribution in [0.15, 0.2) is 47.4 Å². The highest BCUT2D eigenvalue weighted by Gasteiger charge is 2.31. The summed E-state index contributed by atoms with van der Waals surface area (Å²) in [5, 5.41) is 0. The molecule has 1 N–H and O–H groups in total. The number of sulfonamides is 1. The number of fused-ring (bicyclic) bond motifs is 1. The summed E-state index contributed by atoms with van der Waals surface area (Å²) < 4.78 is 66.1. The number of alkyl halides is 3. The van der Waals surface area contributed by atoms with Crippen molar-refractivity contribution < 1.29 is 21.6 Å². The average Bonchev–Trinajstić information content (AvgIpc) is 3.01. The van der Waals surface area contributed by atoms with Gasteiger partial charge in [0, 0.05) is 6.04 Å². The van der Waals surface area contributed by atoms with Gasteiger partial charge in [0.05, 0.1) is 10.5 Å². The minimum atomic E-state index is -4.46. The topological polar surface area (TPSA) is 46.2 Å². The lowest BCUT2D eigenvalue weighted by Gasteiger charge is -2.17. The van der Waals surface area contributed by atoms with Gasteiger partial charge in [-0.1, -0.05) is 18.2 Å². The molecule has 0 amide bonds. The van der Waals surface area contributed by atoms with Crippen LogP contribution in [-0.4, -0.2) is 8.42 Å². The molecule has 2 aromatic carbocycles. The number of hydrogen-bond donors (Lipinski definition) is 1. The van der Waals surface area contributed by atoms with Crippen molar-refractivity contribution in [2.75, 3.05) is 0 Å². The third-order valence-corrected chi connectivity index (χ3v) is 5.96. The van der Waals surface area contributed by atoms with Gasteiger partial charge in [-0.25, -0.2) is 13.1 Å². The number of benzene rings is 2. The Hall–Kier alpha value is -1.86. The van der Waals surface area contributed by atoms with Crippen molar-refractivity contribution >= 4 is 10.0 Å². The molecule has 3 nitrogen and oxygen atoms in total. The molecule has 0 fully saturated rings. The molecule has 0 radical (unpaired) electrons. The molecule has 0 spiro atoms. The van der Waals surface area contributed by atoms with Gasteiger partial charge in [0.25, 0.3) is 0 Å². The zero-order chi connectivity index (χ0) is 18.2. The number of rotatable bonds is 4. The monoisotopic (exact) mass is 369 g/mol. The van der Waals surface area contributed by atoms with E-state index in [-0.39, 0.29) is 10.5 Å². The van der Waals surface area contributed by atoms with Crippen molar-refractivity contribution in [1.29, 1.82) is 0 Å². The third kappa shape index (κ3) is 3.88. The molecule has 134 valence electrons. The van der Waals surface area contributed by atoms with E-state index in [4.69, 9.17) is 0 Å². The molecule has 0 aliphatic heterocycles. The van der Waals surface area contributed by atoms with Crippen LogP contribution in [-0.2, 0) is 29.0 Å². The Labute approximate surface area is 144 Å². The van der Waals surface area contributed by atoms with Gasteiger partial charge in [-0.15, -0.1) is 0 Å². The Morgan fingerprint density at radius 2 is 1.76 bits per heavy atom. The van der Waals surface area contributed by atoms with E-state index < -0.39 is 27.8 Å². The molecule has 0 saturated carbocycles. The third-order valence-electron chi connectivity index (χ3n) is 4.43. The van der Waals surface area contributed by atoms with E-state index >= 15 is 0 Å². The maximum absolute atomic E-state index is 12.8. The van der Waals surface area contributed by atoms with E-state index in [2.05, 4.69) is 4.72 Å². The number of aryl methyl sites for hydroxylation is 2. The van der Waals surface area contributed by atoms with Crippen LogP contribution >= 0.6 is 0 Å². The molecule has 3 rings (SSSR count). The summed E-state index contributed by atoms with van der Waals surface area (Å²) in [6, 6.07) is 8.92. The molecule has 0 saturated heterocycles. The van der Waals surface area contributed by atoms with Crippen molar-refractivity contribution in [2.45, 2.75) is 43.3 Å². The standard InChI is InChI=1S/C18H18F3NO2S/c1-12(14-5-3-7-16(10-14)18(19,20)21)22-25(23,24)17-9-8-13-4-2-6-15(13)11-17/h3,5,7-12,22H,2,4,6H2,1H3/t12-/m0/s1. The Balaban J connectivity index is 1.83. The van der Waals surface area contributed by atoms with Crippen molar-refractivity contribution in [3.05, 3.63) is 64.7 Å². The van der Waals surface area contributed by atoms with E-state index in [1.165, 1.54) is 19.1 Å². The van der Waals surface area contributed by atoms with Crippen LogP contribution in [0.4, 0.5) is 13.2 Å². The molecule has 2 aromatic rings. The van der Waals surface area contributed by atoms with E-state index in [1.54, 1.807) is 12.1 Å². The minimum Gasteiger partial charge on any atom is -0.207 e. The van der Waals surface area contributed by atoms with Gasteiger partial charge in [-0.3, -0.25) is 0 Å². The second kappa shape index (κ2) is 6.46. The first-order valence-electron chi connectivity index (χ1n) is 7.98. The fourth-order valence-corrected chi connectivity index (χ4v) is 4.35. The molecule has 0 heterocycles. The van der Waals surface area contributed by atoms with Gasteiger partial charge in [-0.2, -0.15) is 13.2 Å². The highest BCUT2D eigenvalue weighted by atomic mass is 32.2. The summed E-state index contributed by atoms with van der Waals surface area (Å²) in [4.78, 5) is 0.145. The second-order valence-electron chi connectivity index (χ2n) is 6.25. The molecule has 0 aromatic heterocycles. The fourth-order valence-electron chi connectivity index (χ4n) is 3.07. The second-order valence-corrected chi connectivity index (χ2v) is 7.96. The largest absolute Gasteiger partial charge is 0.416 e. The SMILES string of the molecule is C[C@H](NS(=O)(=O)c1ccc2c(c1)CCC2)c1cccc(C(F)(F)F)c1. The summed E-state index contributed by atoms with van der Waals surface area (Å²) in [6.45, 7) is 1.53. The summed E-state index contributed by atoms with van der Waals surface area (Å²) in [6.07, 6.45) is -1.66. The number of nitrogens with one attached hydrogen (secondary N) is 1. The molecule has 25 heavy (non-hydrogen) atoms. The average molecular weight is 369 g/mol. The van der Waals surface area contributed by atoms with E-state index in [9.17, 15) is 21.6 Å². The van der Waals surface area contributed by atoms with Crippen LogP contribution in [0, 0.1) is 0 Å². The molecule has 7 heteroatoms. The fraction of sp³-hybridized carbons (Fsp3) is 0.333. The summed E-state index contributed by atoms with van der Waals surface area (Å²) >= 11 is 0. The molecule has 0 unspecified atom stereocenters. The quantitative estimate of drug-likeness (QED) is 0.877. The first-order chi connectivity index (χ1) is 11.7. The molecule has 1 aliphatic rings. The Morgan fingerprint density at radius 1 is 1.04 bits per heavy atom. The van der Waals surface area contributed by atoms with Crippen LogP contribution in [0.5, 0.6) is 0 Å². The highest BCUT2D eigenvalue weighted by Crippen LogP contribution is 2.31. The summed E-state index contributed by atoms with van der Waals surface area (Å²) in [7, 11) is -3.81. The molecular weight excluding hydrogens is 351 g/mol. The van der Waals surface area contributed by atoms with Crippen molar-refractivity contribution in [3.8, 4) is 0 Å². The first kappa shape index (κ1) is 17.9. The predicted molar refractivity (Wildman–Crippen MR) is 88.6 cm³/mol. The maximum atomic E-state index is 12.8. The van der Waals surface area contributed by atoms with Crippen LogP contribution < -0.4 is 4.72 Å². The lowest BCUT2D eigenvalue weighted by molar-refractivity contribution is -0.137. The van der Waals surface area contributed by atoms with Gasteiger partial charge in [0.1, 0.15) is 0 Å². The lowest BCUT2D eigenvalue weighted by atomic mass is 10.1. The van der Waals surface area contributed by atoms with Gasteiger partial charge in [0.15, 0.2) is 0 Å². The summed E-state index contributed by atoms with van der Waals surface area (Å²) in [5.74, 6) is 0. The van der Waals surface area contributed by atoms with Crippen molar-refractivity contribution in [2.24, 2.45) is 0 Å². The maximum Gasteiger partial charge on any atom is 0.416 e. The Morgan fingerprint density at radius 3 is 2.48 bits per heavy atom. The van der Waals surface area contributed by atoms with Gasteiger partial charge in [0.2, 0.25) is 10.0 Å². The van der Waals surface area contributed by atoms with E-state index in [0.717, 1.165) is 42.5 Å². The van der Waals surface area contributed by atoms with Crippen LogP contribution in [0.3, 0.4) is 0 Å². The minimum absolute atomic E-state index is 0.145. The molecule has 1 aliphatic carbocycles. The molecular formula is C18H18F3NO2S.